The van der Waals surface area contributed by atoms with Gasteiger partial charge in [0.2, 0.25) is 0 Å². The highest BCUT2D eigenvalue weighted by atomic mass is 35.5. The quantitative estimate of drug-likeness (QED) is 0.821. The number of nitrogens with zero attached hydrogens (tertiary/aromatic N) is 2. The molecule has 4 heteroatoms. The summed E-state index contributed by atoms with van der Waals surface area (Å²) >= 11 is 6.08. The van der Waals surface area contributed by atoms with E-state index < -0.39 is 0 Å². The van der Waals surface area contributed by atoms with Gasteiger partial charge in [0.1, 0.15) is 12.1 Å². The van der Waals surface area contributed by atoms with Crippen LogP contribution in [0, 0.1) is 0 Å². The minimum atomic E-state index is 0.0565. The lowest BCUT2D eigenvalue weighted by Crippen LogP contribution is -2.37. The molecule has 1 saturated carbocycles. The number of hydrogen-bond donors (Lipinski definition) is 1. The number of aryl methyl sites for hydroxylation is 1. The van der Waals surface area contributed by atoms with Crippen molar-refractivity contribution >= 4 is 17.4 Å². The van der Waals surface area contributed by atoms with E-state index in [1.54, 1.807) is 6.33 Å². The molecular formula is C12H18ClN3. The first kappa shape index (κ1) is 11.6. The topological polar surface area (TPSA) is 37.8 Å². The van der Waals surface area contributed by atoms with Crippen molar-refractivity contribution in [2.24, 2.45) is 0 Å². The van der Waals surface area contributed by atoms with Crippen LogP contribution < -0.4 is 5.32 Å². The van der Waals surface area contributed by atoms with Crippen molar-refractivity contribution in [1.82, 2.24) is 9.97 Å². The Morgan fingerprint density at radius 1 is 1.38 bits per heavy atom. The Morgan fingerprint density at radius 2 is 2.12 bits per heavy atom. The third-order valence-electron chi connectivity index (χ3n) is 3.30. The second-order valence-corrected chi connectivity index (χ2v) is 4.76. The summed E-state index contributed by atoms with van der Waals surface area (Å²) < 4.78 is 0. The fourth-order valence-electron chi connectivity index (χ4n) is 2.27. The van der Waals surface area contributed by atoms with Crippen molar-refractivity contribution in [3.63, 3.8) is 0 Å². The number of hydrogen-bond acceptors (Lipinski definition) is 3. The number of aromatic nitrogens is 2. The molecule has 0 atom stereocenters. The lowest BCUT2D eigenvalue weighted by atomic mass is 10.0. The van der Waals surface area contributed by atoms with Gasteiger partial charge in [-0.2, -0.15) is 0 Å². The Hall–Kier alpha value is -0.830. The zero-order valence-corrected chi connectivity index (χ0v) is 10.4. The molecule has 16 heavy (non-hydrogen) atoms. The summed E-state index contributed by atoms with van der Waals surface area (Å²) in [6, 6.07) is 2.02. The number of alkyl halides is 1. The predicted octanol–water partition coefficient (Wildman–Crippen LogP) is 3.00. The molecule has 2 rings (SSSR count). The van der Waals surface area contributed by atoms with Crippen molar-refractivity contribution in [3.8, 4) is 0 Å². The molecule has 0 unspecified atom stereocenters. The van der Waals surface area contributed by atoms with Gasteiger partial charge in [0, 0.05) is 17.6 Å². The summed E-state index contributed by atoms with van der Waals surface area (Å²) in [7, 11) is 0. The third kappa shape index (κ3) is 2.46. The third-order valence-corrected chi connectivity index (χ3v) is 3.81. The molecule has 0 amide bonds. The van der Waals surface area contributed by atoms with Gasteiger partial charge in [-0.25, -0.2) is 9.97 Å². The Balaban J connectivity index is 2.12. The van der Waals surface area contributed by atoms with E-state index in [2.05, 4.69) is 22.2 Å². The van der Waals surface area contributed by atoms with Crippen molar-refractivity contribution in [2.45, 2.75) is 44.6 Å². The van der Waals surface area contributed by atoms with Crippen LogP contribution in [0.3, 0.4) is 0 Å². The summed E-state index contributed by atoms with van der Waals surface area (Å²) in [5, 5.41) is 3.50. The molecule has 0 aliphatic heterocycles. The van der Waals surface area contributed by atoms with Crippen molar-refractivity contribution in [3.05, 3.63) is 18.1 Å². The molecule has 88 valence electrons. The zero-order valence-electron chi connectivity index (χ0n) is 9.67. The number of halogens is 1. The van der Waals surface area contributed by atoms with Gasteiger partial charge in [0.15, 0.2) is 0 Å². The monoisotopic (exact) mass is 239 g/mol. The average Bonchev–Trinajstić information content (AvgIpc) is 2.78. The van der Waals surface area contributed by atoms with E-state index in [1.165, 1.54) is 12.8 Å². The van der Waals surface area contributed by atoms with Gasteiger partial charge in [-0.1, -0.05) is 19.8 Å². The van der Waals surface area contributed by atoms with Crippen LogP contribution in [-0.2, 0) is 6.42 Å². The number of nitrogens with one attached hydrogen (secondary N) is 1. The molecule has 1 heterocycles. The molecule has 1 aliphatic rings. The van der Waals surface area contributed by atoms with Crippen LogP contribution in [0.15, 0.2) is 12.4 Å². The van der Waals surface area contributed by atoms with Gasteiger partial charge in [-0.3, -0.25) is 0 Å². The molecule has 0 spiro atoms. The molecule has 0 radical (unpaired) electrons. The smallest absolute Gasteiger partial charge is 0.130 e. The first-order valence-electron chi connectivity index (χ1n) is 5.93. The molecule has 1 aliphatic carbocycles. The van der Waals surface area contributed by atoms with Crippen LogP contribution in [0.25, 0.3) is 0 Å². The van der Waals surface area contributed by atoms with Crippen LogP contribution in [-0.4, -0.2) is 21.4 Å². The Labute approximate surface area is 102 Å². The van der Waals surface area contributed by atoms with Gasteiger partial charge in [0.05, 0.1) is 5.54 Å². The summed E-state index contributed by atoms with van der Waals surface area (Å²) in [5.41, 5.74) is 1.13. The van der Waals surface area contributed by atoms with Gasteiger partial charge in [-0.15, -0.1) is 11.6 Å². The standard InChI is InChI=1S/C12H18ClN3/c1-2-10-7-11(15-9-14-10)16-12(8-13)5-3-4-6-12/h7,9H,2-6,8H2,1H3,(H,14,15,16). The fraction of sp³-hybridized carbons (Fsp3) is 0.667. The molecule has 0 saturated heterocycles. The van der Waals surface area contributed by atoms with Crippen molar-refractivity contribution in [2.75, 3.05) is 11.2 Å². The van der Waals surface area contributed by atoms with E-state index in [1.807, 2.05) is 6.07 Å². The SMILES string of the molecule is CCc1cc(NC2(CCl)CCCC2)ncn1. The lowest BCUT2D eigenvalue weighted by molar-refractivity contribution is 0.537. The Kier molecular flexibility index (Phi) is 3.64. The Morgan fingerprint density at radius 3 is 2.75 bits per heavy atom. The molecule has 3 nitrogen and oxygen atoms in total. The first-order chi connectivity index (χ1) is 7.78. The Bertz CT molecular complexity index is 348. The van der Waals surface area contributed by atoms with Gasteiger partial charge >= 0.3 is 0 Å². The normalized spacial score (nSPS) is 18.6. The molecule has 1 fully saturated rings. The molecule has 0 bridgehead atoms. The molecule has 1 N–H and O–H groups in total. The van der Waals surface area contributed by atoms with Crippen LogP contribution in [0.5, 0.6) is 0 Å². The summed E-state index contributed by atoms with van der Waals surface area (Å²) in [4.78, 5) is 8.46. The van der Waals surface area contributed by atoms with E-state index in [0.29, 0.717) is 5.88 Å². The molecule has 0 aromatic carbocycles. The van der Waals surface area contributed by atoms with Gasteiger partial charge in [-0.05, 0) is 19.3 Å². The fourth-order valence-corrected chi connectivity index (χ4v) is 2.61. The highest BCUT2D eigenvalue weighted by molar-refractivity contribution is 6.18. The summed E-state index contributed by atoms with van der Waals surface area (Å²) in [5.74, 6) is 1.56. The van der Waals surface area contributed by atoms with Crippen molar-refractivity contribution in [1.29, 1.82) is 0 Å². The molecule has 1 aromatic rings. The van der Waals surface area contributed by atoms with Crippen LogP contribution in [0.2, 0.25) is 0 Å². The second-order valence-electron chi connectivity index (χ2n) is 4.49. The molecular weight excluding hydrogens is 222 g/mol. The highest BCUT2D eigenvalue weighted by Gasteiger charge is 2.33. The minimum Gasteiger partial charge on any atom is -0.363 e. The maximum Gasteiger partial charge on any atom is 0.130 e. The lowest BCUT2D eigenvalue weighted by Gasteiger charge is -2.28. The zero-order chi connectivity index (χ0) is 11.4. The van der Waals surface area contributed by atoms with Gasteiger partial charge in [0.25, 0.3) is 0 Å². The number of rotatable bonds is 4. The van der Waals surface area contributed by atoms with E-state index in [-0.39, 0.29) is 5.54 Å². The maximum atomic E-state index is 6.08. The minimum absolute atomic E-state index is 0.0565. The summed E-state index contributed by atoms with van der Waals surface area (Å²) in [6.45, 7) is 2.10. The summed E-state index contributed by atoms with van der Waals surface area (Å²) in [6.07, 6.45) is 7.35. The van der Waals surface area contributed by atoms with E-state index in [9.17, 15) is 0 Å². The van der Waals surface area contributed by atoms with Crippen LogP contribution in [0.4, 0.5) is 5.82 Å². The van der Waals surface area contributed by atoms with E-state index in [4.69, 9.17) is 11.6 Å². The first-order valence-corrected chi connectivity index (χ1v) is 6.46. The van der Waals surface area contributed by atoms with E-state index in [0.717, 1.165) is 30.8 Å². The van der Waals surface area contributed by atoms with Crippen LogP contribution >= 0.6 is 11.6 Å². The van der Waals surface area contributed by atoms with Gasteiger partial charge < -0.3 is 5.32 Å². The molecule has 1 aromatic heterocycles. The predicted molar refractivity (Wildman–Crippen MR) is 67.0 cm³/mol. The highest BCUT2D eigenvalue weighted by Crippen LogP contribution is 2.33. The maximum absolute atomic E-state index is 6.08. The number of anilines is 1. The average molecular weight is 240 g/mol. The largest absolute Gasteiger partial charge is 0.363 e. The second kappa shape index (κ2) is 5.00. The van der Waals surface area contributed by atoms with Crippen LogP contribution in [0.1, 0.15) is 38.3 Å². The van der Waals surface area contributed by atoms with Crippen molar-refractivity contribution < 1.29 is 0 Å². The van der Waals surface area contributed by atoms with E-state index >= 15 is 0 Å².